The van der Waals surface area contributed by atoms with Gasteiger partial charge in [-0.2, -0.15) is 5.10 Å². The molecular formula is C9H15N3O. The van der Waals surface area contributed by atoms with Gasteiger partial charge in [0.1, 0.15) is 5.82 Å². The lowest BCUT2D eigenvalue weighted by Crippen LogP contribution is -2.32. The summed E-state index contributed by atoms with van der Waals surface area (Å²) in [5.74, 6) is 0.491. The number of rotatable bonds is 1. The molecule has 1 heterocycles. The van der Waals surface area contributed by atoms with Crippen LogP contribution in [0.15, 0.2) is 29.3 Å². The van der Waals surface area contributed by atoms with E-state index in [1.165, 1.54) is 11.1 Å². The van der Waals surface area contributed by atoms with E-state index in [0.717, 1.165) is 0 Å². The highest BCUT2D eigenvalue weighted by Gasteiger charge is 2.11. The molecule has 4 heteroatoms. The molecule has 0 fully saturated rings. The van der Waals surface area contributed by atoms with Crippen molar-refractivity contribution in [2.24, 2.45) is 5.10 Å². The summed E-state index contributed by atoms with van der Waals surface area (Å²) in [6.45, 7) is 9.15. The van der Waals surface area contributed by atoms with E-state index in [9.17, 15) is 4.79 Å². The molecule has 1 aliphatic rings. The number of carbonyl (C=O) groups excluding carboxylic acids is 1. The molecular weight excluding hydrogens is 166 g/mol. The van der Waals surface area contributed by atoms with Gasteiger partial charge in [-0.3, -0.25) is 4.79 Å². The average molecular weight is 181 g/mol. The summed E-state index contributed by atoms with van der Waals surface area (Å²) in [5.41, 5.74) is 0. The average Bonchev–Trinajstić information content (AvgIpc) is 2.20. The highest BCUT2D eigenvalue weighted by Crippen LogP contribution is 2.05. The lowest BCUT2D eigenvalue weighted by Gasteiger charge is -2.20. The molecule has 0 atom stereocenters. The summed E-state index contributed by atoms with van der Waals surface area (Å²) in [7, 11) is 0. The Bertz CT molecular complexity index is 243. The second-order valence-corrected chi connectivity index (χ2v) is 1.96. The van der Waals surface area contributed by atoms with Crippen LogP contribution in [0.25, 0.3) is 0 Å². The molecule has 0 aliphatic carbocycles. The summed E-state index contributed by atoms with van der Waals surface area (Å²) in [6, 6.07) is 0. The van der Waals surface area contributed by atoms with Gasteiger partial charge < -0.3 is 5.32 Å². The molecule has 1 aliphatic heterocycles. The van der Waals surface area contributed by atoms with Gasteiger partial charge in [0.2, 0.25) is 0 Å². The summed E-state index contributed by atoms with van der Waals surface area (Å²) < 4.78 is 0. The SMILES string of the molecule is C=NN1C=CC(=O)N/C1=C/C.CC. The van der Waals surface area contributed by atoms with Gasteiger partial charge in [-0.05, 0) is 13.0 Å². The van der Waals surface area contributed by atoms with Crippen LogP contribution in [0.4, 0.5) is 0 Å². The fourth-order valence-electron chi connectivity index (χ4n) is 0.772. The van der Waals surface area contributed by atoms with Gasteiger partial charge in [-0.15, -0.1) is 0 Å². The second kappa shape index (κ2) is 5.99. The molecule has 72 valence electrons. The number of hydrogen-bond acceptors (Lipinski definition) is 3. The van der Waals surface area contributed by atoms with Crippen LogP contribution in [0.2, 0.25) is 0 Å². The number of allylic oxidation sites excluding steroid dienone is 1. The van der Waals surface area contributed by atoms with Crippen LogP contribution in [0.3, 0.4) is 0 Å². The van der Waals surface area contributed by atoms with Gasteiger partial charge >= 0.3 is 0 Å². The number of amides is 1. The van der Waals surface area contributed by atoms with E-state index < -0.39 is 0 Å². The van der Waals surface area contributed by atoms with Crippen LogP contribution in [0, 0.1) is 0 Å². The van der Waals surface area contributed by atoms with Gasteiger partial charge in [0.15, 0.2) is 0 Å². The van der Waals surface area contributed by atoms with Crippen LogP contribution in [0.5, 0.6) is 0 Å². The van der Waals surface area contributed by atoms with E-state index in [2.05, 4.69) is 17.1 Å². The Morgan fingerprint density at radius 1 is 1.62 bits per heavy atom. The molecule has 0 spiro atoms. The van der Waals surface area contributed by atoms with Gasteiger partial charge in [-0.1, -0.05) is 13.8 Å². The number of nitrogens with one attached hydrogen (secondary N) is 1. The number of carbonyl (C=O) groups is 1. The lowest BCUT2D eigenvalue weighted by molar-refractivity contribution is -0.116. The molecule has 0 saturated heterocycles. The Morgan fingerprint density at radius 2 is 2.23 bits per heavy atom. The fourth-order valence-corrected chi connectivity index (χ4v) is 0.772. The van der Waals surface area contributed by atoms with E-state index >= 15 is 0 Å². The summed E-state index contributed by atoms with van der Waals surface area (Å²) in [5, 5.41) is 7.73. The maximum Gasteiger partial charge on any atom is 0.251 e. The molecule has 1 rings (SSSR count). The summed E-state index contributed by atoms with van der Waals surface area (Å²) in [6.07, 6.45) is 4.69. The minimum Gasteiger partial charge on any atom is -0.307 e. The van der Waals surface area contributed by atoms with Crippen molar-refractivity contribution in [1.82, 2.24) is 10.3 Å². The van der Waals surface area contributed by atoms with E-state index in [-0.39, 0.29) is 5.91 Å². The fraction of sp³-hybridized carbons (Fsp3) is 0.333. The smallest absolute Gasteiger partial charge is 0.251 e. The Labute approximate surface area is 78.6 Å². The van der Waals surface area contributed by atoms with Gasteiger partial charge in [-0.25, -0.2) is 5.01 Å². The zero-order valence-electron chi connectivity index (χ0n) is 8.24. The maximum absolute atomic E-state index is 10.8. The Hall–Kier alpha value is -1.58. The third-order valence-electron chi connectivity index (χ3n) is 1.29. The zero-order chi connectivity index (χ0) is 10.3. The standard InChI is InChI=1S/C7H9N3O.C2H6/c1-3-6-9-7(11)4-5-10(6)8-2;1-2/h3-5H,2H2,1H3,(H,9,11);1-2H3/b6-3-;. The first kappa shape index (κ1) is 11.4. The van der Waals surface area contributed by atoms with Crippen molar-refractivity contribution in [3.05, 3.63) is 24.2 Å². The predicted molar refractivity (Wildman–Crippen MR) is 53.8 cm³/mol. The van der Waals surface area contributed by atoms with Crippen molar-refractivity contribution < 1.29 is 4.79 Å². The van der Waals surface area contributed by atoms with Crippen LogP contribution in [-0.2, 0) is 4.79 Å². The minimum absolute atomic E-state index is 0.141. The number of hydrazone groups is 1. The Balaban J connectivity index is 0.000000671. The molecule has 13 heavy (non-hydrogen) atoms. The lowest BCUT2D eigenvalue weighted by atomic mass is 10.4. The Morgan fingerprint density at radius 3 is 2.69 bits per heavy atom. The van der Waals surface area contributed by atoms with E-state index in [0.29, 0.717) is 5.82 Å². The summed E-state index contributed by atoms with van der Waals surface area (Å²) >= 11 is 0. The van der Waals surface area contributed by atoms with Gasteiger partial charge in [0.25, 0.3) is 5.91 Å². The van der Waals surface area contributed by atoms with E-state index in [1.807, 2.05) is 20.8 Å². The van der Waals surface area contributed by atoms with Crippen molar-refractivity contribution >= 4 is 12.6 Å². The van der Waals surface area contributed by atoms with Gasteiger partial charge in [0, 0.05) is 19.0 Å². The second-order valence-electron chi connectivity index (χ2n) is 1.96. The molecule has 4 nitrogen and oxygen atoms in total. The zero-order valence-corrected chi connectivity index (χ0v) is 8.24. The normalized spacial score (nSPS) is 17.6. The predicted octanol–water partition coefficient (Wildman–Crippen LogP) is 1.44. The molecule has 0 aromatic rings. The van der Waals surface area contributed by atoms with Crippen LogP contribution in [0.1, 0.15) is 20.8 Å². The van der Waals surface area contributed by atoms with Gasteiger partial charge in [0.05, 0.1) is 0 Å². The largest absolute Gasteiger partial charge is 0.307 e. The molecule has 0 saturated carbocycles. The van der Waals surface area contributed by atoms with Crippen molar-refractivity contribution in [3.63, 3.8) is 0 Å². The highest BCUT2D eigenvalue weighted by molar-refractivity contribution is 5.89. The molecule has 0 aromatic heterocycles. The highest BCUT2D eigenvalue weighted by atomic mass is 16.1. The van der Waals surface area contributed by atoms with Crippen molar-refractivity contribution in [2.45, 2.75) is 20.8 Å². The molecule has 1 N–H and O–H groups in total. The van der Waals surface area contributed by atoms with Crippen LogP contribution >= 0.6 is 0 Å². The van der Waals surface area contributed by atoms with Crippen molar-refractivity contribution in [2.75, 3.05) is 0 Å². The first-order chi connectivity index (χ1) is 6.27. The molecule has 1 amide bonds. The molecule has 0 unspecified atom stereocenters. The first-order valence-electron chi connectivity index (χ1n) is 4.19. The minimum atomic E-state index is -0.141. The quantitative estimate of drug-likeness (QED) is 0.622. The van der Waals surface area contributed by atoms with E-state index in [1.54, 1.807) is 12.3 Å². The topological polar surface area (TPSA) is 44.7 Å². The van der Waals surface area contributed by atoms with Crippen LogP contribution < -0.4 is 5.32 Å². The third-order valence-corrected chi connectivity index (χ3v) is 1.29. The van der Waals surface area contributed by atoms with Crippen molar-refractivity contribution in [1.29, 1.82) is 0 Å². The molecule has 0 bridgehead atoms. The maximum atomic E-state index is 10.8. The number of hydrogen-bond donors (Lipinski definition) is 1. The third kappa shape index (κ3) is 3.11. The van der Waals surface area contributed by atoms with E-state index in [4.69, 9.17) is 0 Å². The van der Waals surface area contributed by atoms with Crippen LogP contribution in [-0.4, -0.2) is 17.6 Å². The number of nitrogens with zero attached hydrogens (tertiary/aromatic N) is 2. The Kier molecular flexibility index (Phi) is 5.27. The first-order valence-corrected chi connectivity index (χ1v) is 4.19. The molecule has 0 aromatic carbocycles. The molecule has 0 radical (unpaired) electrons. The van der Waals surface area contributed by atoms with Crippen molar-refractivity contribution in [3.8, 4) is 0 Å². The summed E-state index contributed by atoms with van der Waals surface area (Å²) in [4.78, 5) is 10.8. The monoisotopic (exact) mass is 181 g/mol.